The summed E-state index contributed by atoms with van der Waals surface area (Å²) in [5.74, 6) is 0.305. The fourth-order valence-corrected chi connectivity index (χ4v) is 5.19. The van der Waals surface area contributed by atoms with Crippen molar-refractivity contribution in [1.82, 2.24) is 10.3 Å². The number of carbonyl (C=O) groups excluding carboxylic acids is 2. The summed E-state index contributed by atoms with van der Waals surface area (Å²) in [7, 11) is 6.27. The first kappa shape index (κ1) is 20.2. The molecule has 1 aromatic heterocycles. The zero-order valence-corrected chi connectivity index (χ0v) is 18.3. The number of carbonyl (C=O) groups is 2. The third-order valence-electron chi connectivity index (χ3n) is 6.59. The maximum atomic E-state index is 13.0. The molecule has 8 heteroatoms. The fourth-order valence-electron chi connectivity index (χ4n) is 5.19. The Bertz CT molecular complexity index is 1220. The van der Waals surface area contributed by atoms with Crippen molar-refractivity contribution in [3.63, 3.8) is 0 Å². The normalized spacial score (nSPS) is 21.7. The van der Waals surface area contributed by atoms with Crippen molar-refractivity contribution >= 4 is 22.7 Å². The zero-order valence-electron chi connectivity index (χ0n) is 18.3. The van der Waals surface area contributed by atoms with Crippen LogP contribution >= 0.6 is 0 Å². The summed E-state index contributed by atoms with van der Waals surface area (Å²) in [6.07, 6.45) is 0.468. The molecule has 0 spiro atoms. The first-order chi connectivity index (χ1) is 15.5. The number of aromatic amines is 1. The van der Waals surface area contributed by atoms with Crippen LogP contribution in [0.15, 0.2) is 30.3 Å². The van der Waals surface area contributed by atoms with E-state index in [-0.39, 0.29) is 17.7 Å². The van der Waals surface area contributed by atoms with Crippen molar-refractivity contribution in [2.45, 2.75) is 12.3 Å². The third-order valence-corrected chi connectivity index (χ3v) is 6.59. The van der Waals surface area contributed by atoms with Crippen molar-refractivity contribution in [2.75, 3.05) is 28.4 Å². The SMILES string of the molecule is COc1ccc2[nH]c3c(c2c1)[C@H](c1cc(OC)c(OC)c(OC)c1)[C@@H]1C(=O)NC(=O)[C@@H]1C3. The molecule has 2 aliphatic rings. The number of H-pyrrole nitrogens is 1. The van der Waals surface area contributed by atoms with Gasteiger partial charge in [0.1, 0.15) is 5.75 Å². The van der Waals surface area contributed by atoms with E-state index in [0.29, 0.717) is 23.7 Å². The lowest BCUT2D eigenvalue weighted by atomic mass is 9.68. The minimum atomic E-state index is -0.539. The molecule has 0 saturated carbocycles. The summed E-state index contributed by atoms with van der Waals surface area (Å²) in [5, 5.41) is 3.49. The van der Waals surface area contributed by atoms with Gasteiger partial charge in [0, 0.05) is 28.9 Å². The van der Waals surface area contributed by atoms with Crippen LogP contribution in [-0.2, 0) is 16.0 Å². The van der Waals surface area contributed by atoms with Crippen molar-refractivity contribution < 1.29 is 28.5 Å². The Morgan fingerprint density at radius 3 is 2.22 bits per heavy atom. The van der Waals surface area contributed by atoms with Gasteiger partial charge in [-0.05, 0) is 41.5 Å². The number of benzene rings is 2. The highest BCUT2D eigenvalue weighted by Crippen LogP contribution is 2.51. The highest BCUT2D eigenvalue weighted by Gasteiger charge is 2.51. The van der Waals surface area contributed by atoms with Crippen LogP contribution in [0.2, 0.25) is 0 Å². The Labute approximate surface area is 184 Å². The quantitative estimate of drug-likeness (QED) is 0.597. The van der Waals surface area contributed by atoms with Gasteiger partial charge in [-0.2, -0.15) is 0 Å². The highest BCUT2D eigenvalue weighted by atomic mass is 16.5. The molecule has 1 aliphatic carbocycles. The molecule has 166 valence electrons. The number of hydrogen-bond acceptors (Lipinski definition) is 6. The number of ether oxygens (including phenoxy) is 4. The highest BCUT2D eigenvalue weighted by molar-refractivity contribution is 6.07. The molecule has 0 bridgehead atoms. The monoisotopic (exact) mass is 436 g/mol. The van der Waals surface area contributed by atoms with Crippen LogP contribution in [0.3, 0.4) is 0 Å². The molecule has 0 radical (unpaired) electrons. The van der Waals surface area contributed by atoms with Crippen LogP contribution in [0, 0.1) is 11.8 Å². The van der Waals surface area contributed by atoms with Gasteiger partial charge < -0.3 is 23.9 Å². The molecule has 2 heterocycles. The molecule has 5 rings (SSSR count). The summed E-state index contributed by atoms with van der Waals surface area (Å²) >= 11 is 0. The molecule has 1 saturated heterocycles. The van der Waals surface area contributed by atoms with Crippen LogP contribution in [0.5, 0.6) is 23.0 Å². The molecule has 8 nitrogen and oxygen atoms in total. The predicted octanol–water partition coefficient (Wildman–Crippen LogP) is 2.78. The molecule has 1 aliphatic heterocycles. The number of methoxy groups -OCH3 is 4. The van der Waals surface area contributed by atoms with Gasteiger partial charge in [-0.1, -0.05) is 0 Å². The van der Waals surface area contributed by atoms with E-state index in [2.05, 4.69) is 10.3 Å². The molecule has 2 aromatic carbocycles. The van der Waals surface area contributed by atoms with E-state index in [9.17, 15) is 9.59 Å². The molecular formula is C24H24N2O6. The van der Waals surface area contributed by atoms with Gasteiger partial charge >= 0.3 is 0 Å². The standard InChI is InChI=1S/C24H24N2O6/c1-29-12-5-6-15-13(9-12)20-16(25-15)10-14-21(24(28)26-23(14)27)19(20)11-7-17(30-2)22(32-4)18(8-11)31-3/h5-9,14,19,21,25H,10H2,1-4H3,(H,26,27,28)/t14-,19+,21-/m1/s1. The Balaban J connectivity index is 1.80. The lowest BCUT2D eigenvalue weighted by Crippen LogP contribution is -2.32. The fraction of sp³-hybridized carbons (Fsp3) is 0.333. The summed E-state index contributed by atoms with van der Waals surface area (Å²) in [5.41, 5.74) is 3.67. The van der Waals surface area contributed by atoms with E-state index < -0.39 is 11.8 Å². The van der Waals surface area contributed by atoms with Crippen molar-refractivity contribution in [3.05, 3.63) is 47.2 Å². The van der Waals surface area contributed by atoms with Crippen LogP contribution in [0.4, 0.5) is 0 Å². The Kier molecular flexibility index (Phi) is 4.73. The maximum absolute atomic E-state index is 13.0. The van der Waals surface area contributed by atoms with E-state index in [4.69, 9.17) is 18.9 Å². The number of nitrogens with one attached hydrogen (secondary N) is 2. The molecule has 3 atom stereocenters. The van der Waals surface area contributed by atoms with Crippen molar-refractivity contribution in [3.8, 4) is 23.0 Å². The van der Waals surface area contributed by atoms with Crippen LogP contribution in [0.25, 0.3) is 10.9 Å². The van der Waals surface area contributed by atoms with Crippen LogP contribution in [0.1, 0.15) is 22.7 Å². The van der Waals surface area contributed by atoms with Crippen molar-refractivity contribution in [1.29, 1.82) is 0 Å². The van der Waals surface area contributed by atoms with Gasteiger partial charge in [0.25, 0.3) is 0 Å². The molecular weight excluding hydrogens is 412 g/mol. The second kappa shape index (κ2) is 7.47. The average Bonchev–Trinajstić information content (AvgIpc) is 3.32. The van der Waals surface area contributed by atoms with Crippen LogP contribution < -0.4 is 24.3 Å². The second-order valence-corrected chi connectivity index (χ2v) is 8.05. The number of rotatable bonds is 5. The zero-order chi connectivity index (χ0) is 22.6. The second-order valence-electron chi connectivity index (χ2n) is 8.05. The summed E-state index contributed by atoms with van der Waals surface area (Å²) in [4.78, 5) is 29.1. The van der Waals surface area contributed by atoms with Gasteiger partial charge in [-0.3, -0.25) is 14.9 Å². The molecule has 3 aromatic rings. The first-order valence-corrected chi connectivity index (χ1v) is 10.3. The Morgan fingerprint density at radius 1 is 0.875 bits per heavy atom. The van der Waals surface area contributed by atoms with Gasteiger partial charge in [-0.15, -0.1) is 0 Å². The van der Waals surface area contributed by atoms with E-state index in [1.807, 2.05) is 30.3 Å². The van der Waals surface area contributed by atoms with Gasteiger partial charge in [0.05, 0.1) is 40.3 Å². The number of amides is 2. The minimum absolute atomic E-state index is 0.237. The summed E-state index contributed by atoms with van der Waals surface area (Å²) in [6.45, 7) is 0. The van der Waals surface area contributed by atoms with E-state index in [1.54, 1.807) is 28.4 Å². The van der Waals surface area contributed by atoms with E-state index in [1.165, 1.54) is 0 Å². The van der Waals surface area contributed by atoms with Gasteiger partial charge in [-0.25, -0.2) is 0 Å². The Morgan fingerprint density at radius 2 is 1.59 bits per heavy atom. The van der Waals surface area contributed by atoms with Gasteiger partial charge in [0.15, 0.2) is 11.5 Å². The van der Waals surface area contributed by atoms with Crippen molar-refractivity contribution in [2.24, 2.45) is 11.8 Å². The smallest absolute Gasteiger partial charge is 0.231 e. The summed E-state index contributed by atoms with van der Waals surface area (Å²) < 4.78 is 22.0. The lowest BCUT2D eigenvalue weighted by molar-refractivity contribution is -0.126. The predicted molar refractivity (Wildman–Crippen MR) is 117 cm³/mol. The lowest BCUT2D eigenvalue weighted by Gasteiger charge is -2.32. The third kappa shape index (κ3) is 2.82. The largest absolute Gasteiger partial charge is 0.497 e. The minimum Gasteiger partial charge on any atom is -0.497 e. The number of fused-ring (bicyclic) bond motifs is 4. The molecule has 1 fully saturated rings. The number of hydrogen-bond donors (Lipinski definition) is 2. The maximum Gasteiger partial charge on any atom is 0.231 e. The number of aromatic nitrogens is 1. The molecule has 0 unspecified atom stereocenters. The topological polar surface area (TPSA) is 98.9 Å². The summed E-state index contributed by atoms with van der Waals surface area (Å²) in [6, 6.07) is 9.51. The first-order valence-electron chi connectivity index (χ1n) is 10.3. The number of imide groups is 1. The molecule has 2 amide bonds. The van der Waals surface area contributed by atoms with Gasteiger partial charge in [0.2, 0.25) is 17.6 Å². The molecule has 32 heavy (non-hydrogen) atoms. The molecule has 2 N–H and O–H groups in total. The van der Waals surface area contributed by atoms with Crippen LogP contribution in [-0.4, -0.2) is 45.2 Å². The van der Waals surface area contributed by atoms with E-state index in [0.717, 1.165) is 33.5 Å². The van der Waals surface area contributed by atoms with E-state index >= 15 is 0 Å². The Hall–Kier alpha value is -3.68. The average molecular weight is 436 g/mol.